The minimum atomic E-state index is -1.51. The second kappa shape index (κ2) is 11.9. The molecule has 2 unspecified atom stereocenters. The fourth-order valence-electron chi connectivity index (χ4n) is 3.52. The van der Waals surface area contributed by atoms with E-state index in [0.29, 0.717) is 11.5 Å². The normalized spacial score (nSPS) is 14.3. The monoisotopic (exact) mass is 424 g/mol. The Morgan fingerprint density at radius 3 is 2.10 bits per heavy atom. The van der Waals surface area contributed by atoms with Crippen LogP contribution in [0.2, 0.25) is 0 Å². The average Bonchev–Trinajstić information content (AvgIpc) is 2.72. The fraction of sp³-hybridized carbons (Fsp3) is 0.636. The summed E-state index contributed by atoms with van der Waals surface area (Å²) in [5.74, 6) is -1.45. The minimum absolute atomic E-state index is 0.238. The first-order valence-corrected chi connectivity index (χ1v) is 10.9. The quantitative estimate of drug-likeness (QED) is 0.184. The van der Waals surface area contributed by atoms with Crippen LogP contribution in [0.25, 0.3) is 0 Å². The first-order chi connectivity index (χ1) is 13.8. The number of ether oxygens (including phenoxy) is 3. The molecule has 1 aromatic rings. The number of hydrogen-bond acceptors (Lipinski definition) is 6. The van der Waals surface area contributed by atoms with Crippen LogP contribution in [0.15, 0.2) is 18.2 Å². The highest BCUT2D eigenvalue weighted by atomic mass is 31.1. The number of carbonyl (C=O) groups excluding carboxylic acids is 2. The summed E-state index contributed by atoms with van der Waals surface area (Å²) in [5, 5.41) is -1.51. The van der Waals surface area contributed by atoms with Crippen molar-refractivity contribution >= 4 is 20.2 Å². The summed E-state index contributed by atoms with van der Waals surface area (Å²) in [7, 11) is 2.47. The highest BCUT2D eigenvalue weighted by molar-refractivity contribution is 7.27. The number of carbonyl (C=O) groups is 2. The van der Waals surface area contributed by atoms with E-state index in [1.807, 2.05) is 13.8 Å². The Bertz CT molecular complexity index is 680. The van der Waals surface area contributed by atoms with Crippen molar-refractivity contribution in [3.8, 4) is 11.5 Å². The van der Waals surface area contributed by atoms with Gasteiger partial charge in [-0.1, -0.05) is 46.1 Å². The molecule has 0 saturated heterocycles. The van der Waals surface area contributed by atoms with E-state index in [1.165, 1.54) is 21.1 Å². The van der Waals surface area contributed by atoms with Crippen LogP contribution < -0.4 is 9.47 Å². The number of ketones is 1. The molecule has 0 aliphatic heterocycles. The Morgan fingerprint density at radius 1 is 1.07 bits per heavy atom. The molecule has 0 bridgehead atoms. The van der Waals surface area contributed by atoms with Crippen molar-refractivity contribution in [1.82, 2.24) is 0 Å². The van der Waals surface area contributed by atoms with E-state index in [9.17, 15) is 14.2 Å². The maximum absolute atomic E-state index is 13.6. The molecule has 0 N–H and O–H groups in total. The zero-order valence-electron chi connectivity index (χ0n) is 18.3. The predicted molar refractivity (Wildman–Crippen MR) is 113 cm³/mol. The van der Waals surface area contributed by atoms with Crippen LogP contribution in [0.3, 0.4) is 0 Å². The first-order valence-electron chi connectivity index (χ1n) is 10.0. The number of benzene rings is 1. The van der Waals surface area contributed by atoms with E-state index in [-0.39, 0.29) is 23.9 Å². The van der Waals surface area contributed by atoms with Crippen molar-refractivity contribution in [3.63, 3.8) is 0 Å². The molecule has 0 radical (unpaired) electrons. The van der Waals surface area contributed by atoms with Gasteiger partial charge in [-0.05, 0) is 31.4 Å². The van der Waals surface area contributed by atoms with Gasteiger partial charge in [-0.2, -0.15) is 0 Å². The van der Waals surface area contributed by atoms with Crippen LogP contribution in [-0.4, -0.2) is 37.7 Å². The number of unbranched alkanes of at least 4 members (excludes halogenated alkanes) is 3. The number of esters is 1. The molecule has 2 atom stereocenters. The fourth-order valence-corrected chi connectivity index (χ4v) is 4.19. The molecule has 0 amide bonds. The molecule has 0 aromatic heterocycles. The van der Waals surface area contributed by atoms with Gasteiger partial charge in [0.2, 0.25) is 0 Å². The summed E-state index contributed by atoms with van der Waals surface area (Å²) < 4.78 is 28.3. The van der Waals surface area contributed by atoms with E-state index in [2.05, 4.69) is 6.92 Å². The number of methoxy groups -OCH3 is 2. The van der Waals surface area contributed by atoms with Crippen LogP contribution in [0.4, 0.5) is 0 Å². The van der Waals surface area contributed by atoms with Gasteiger partial charge in [0.05, 0.1) is 26.7 Å². The van der Waals surface area contributed by atoms with Gasteiger partial charge in [-0.3, -0.25) is 14.2 Å². The standard InChI is InChI=1S/C22H33O6P/c1-7-8-9-10-14-28-21(24)22(4,29-25)19(15(2)3)20(23)18-16(26-5)12-11-13-17(18)27-6/h11-13,15,19H,7-10,14H2,1-6H3. The third-order valence-corrected chi connectivity index (χ3v) is 5.90. The van der Waals surface area contributed by atoms with Gasteiger partial charge in [0.25, 0.3) is 0 Å². The summed E-state index contributed by atoms with van der Waals surface area (Å²) in [6, 6.07) is 5.03. The zero-order valence-corrected chi connectivity index (χ0v) is 19.2. The van der Waals surface area contributed by atoms with E-state index >= 15 is 0 Å². The second-order valence-corrected chi connectivity index (χ2v) is 8.67. The van der Waals surface area contributed by atoms with E-state index in [1.54, 1.807) is 18.2 Å². The smallest absolute Gasteiger partial charge is 0.324 e. The molecular formula is C22H33O6P. The Balaban J connectivity index is 3.24. The molecule has 29 heavy (non-hydrogen) atoms. The molecular weight excluding hydrogens is 391 g/mol. The Kier molecular flexibility index (Phi) is 10.3. The summed E-state index contributed by atoms with van der Waals surface area (Å²) in [5.41, 5.74) is 0.238. The van der Waals surface area contributed by atoms with Crippen LogP contribution in [0, 0.1) is 11.8 Å². The molecule has 0 saturated carbocycles. The molecule has 0 aliphatic carbocycles. The SMILES string of the molecule is CCCCCCOC(=O)C(C)(P=O)C(C(=O)c1c(OC)cccc1OC)C(C)C. The lowest BCUT2D eigenvalue weighted by Crippen LogP contribution is -2.46. The lowest BCUT2D eigenvalue weighted by molar-refractivity contribution is -0.148. The van der Waals surface area contributed by atoms with Gasteiger partial charge < -0.3 is 14.2 Å². The highest BCUT2D eigenvalue weighted by Gasteiger charge is 2.50. The van der Waals surface area contributed by atoms with Crippen molar-refractivity contribution < 1.29 is 28.4 Å². The lowest BCUT2D eigenvalue weighted by Gasteiger charge is -2.32. The van der Waals surface area contributed by atoms with Gasteiger partial charge >= 0.3 is 5.97 Å². The molecule has 0 fully saturated rings. The van der Waals surface area contributed by atoms with Crippen molar-refractivity contribution in [2.45, 2.75) is 58.5 Å². The molecule has 0 aliphatic rings. The van der Waals surface area contributed by atoms with Crippen LogP contribution >= 0.6 is 8.46 Å². The number of Topliss-reactive ketones (excluding diaryl/α,β-unsaturated/α-hetero) is 1. The summed E-state index contributed by atoms with van der Waals surface area (Å²) >= 11 is 0. The van der Waals surface area contributed by atoms with Crippen molar-refractivity contribution in [2.24, 2.45) is 11.8 Å². The predicted octanol–water partition coefficient (Wildman–Crippen LogP) is 5.33. The number of rotatable bonds is 13. The van der Waals surface area contributed by atoms with Gasteiger partial charge in [0.1, 0.15) is 17.1 Å². The van der Waals surface area contributed by atoms with Crippen LogP contribution in [0.5, 0.6) is 11.5 Å². The first kappa shape index (κ1) is 25.1. The van der Waals surface area contributed by atoms with Crippen LogP contribution in [0.1, 0.15) is 63.7 Å². The lowest BCUT2D eigenvalue weighted by atomic mass is 9.77. The molecule has 1 rings (SSSR count). The zero-order chi connectivity index (χ0) is 22.0. The van der Waals surface area contributed by atoms with Crippen molar-refractivity contribution in [1.29, 1.82) is 0 Å². The second-order valence-electron chi connectivity index (χ2n) is 7.56. The third kappa shape index (κ3) is 6.02. The van der Waals surface area contributed by atoms with Gasteiger partial charge in [0.15, 0.2) is 19.4 Å². The molecule has 1 aromatic carbocycles. The maximum atomic E-state index is 13.6. The largest absolute Gasteiger partial charge is 0.496 e. The van der Waals surface area contributed by atoms with Gasteiger partial charge in [-0.15, -0.1) is 0 Å². The third-order valence-electron chi connectivity index (χ3n) is 5.06. The van der Waals surface area contributed by atoms with Crippen LogP contribution in [-0.2, 0) is 14.1 Å². The van der Waals surface area contributed by atoms with Gasteiger partial charge in [-0.25, -0.2) is 0 Å². The molecule has 0 heterocycles. The van der Waals surface area contributed by atoms with E-state index < -0.39 is 25.5 Å². The minimum Gasteiger partial charge on any atom is -0.496 e. The van der Waals surface area contributed by atoms with E-state index in [0.717, 1.165) is 25.7 Å². The average molecular weight is 424 g/mol. The molecule has 7 heteroatoms. The summed E-state index contributed by atoms with van der Waals surface area (Å²) in [4.78, 5) is 26.4. The maximum Gasteiger partial charge on any atom is 0.324 e. The Labute approximate surface area is 175 Å². The molecule has 6 nitrogen and oxygen atoms in total. The Morgan fingerprint density at radius 2 is 1.66 bits per heavy atom. The van der Waals surface area contributed by atoms with Crippen molar-refractivity contribution in [2.75, 3.05) is 20.8 Å². The summed E-state index contributed by atoms with van der Waals surface area (Å²) in [6.07, 6.45) is 3.84. The van der Waals surface area contributed by atoms with Crippen molar-refractivity contribution in [3.05, 3.63) is 23.8 Å². The molecule has 162 valence electrons. The molecule has 0 spiro atoms. The van der Waals surface area contributed by atoms with E-state index in [4.69, 9.17) is 14.2 Å². The van der Waals surface area contributed by atoms with Gasteiger partial charge in [0, 0.05) is 0 Å². The summed E-state index contributed by atoms with van der Waals surface area (Å²) in [6.45, 7) is 7.51. The topological polar surface area (TPSA) is 78.9 Å². The Hall–Kier alpha value is -1.94. The number of hydrogen-bond donors (Lipinski definition) is 0. The highest BCUT2D eigenvalue weighted by Crippen LogP contribution is 2.42.